The molecule has 0 bridgehead atoms. The van der Waals surface area contributed by atoms with Crippen LogP contribution in [0.4, 0.5) is 0 Å². The molecule has 6 nitrogen and oxygen atoms in total. The molecule has 0 saturated carbocycles. The summed E-state index contributed by atoms with van der Waals surface area (Å²) in [6.45, 7) is 5.57. The molecule has 0 spiro atoms. The van der Waals surface area contributed by atoms with Gasteiger partial charge in [0.2, 0.25) is 0 Å². The Morgan fingerprint density at radius 2 is 1.96 bits per heavy atom. The van der Waals surface area contributed by atoms with E-state index in [0.717, 1.165) is 31.6 Å². The molecule has 2 saturated heterocycles. The van der Waals surface area contributed by atoms with Gasteiger partial charge in [-0.15, -0.1) is 0 Å². The first kappa shape index (κ1) is 17.0. The average Bonchev–Trinajstić information content (AvgIpc) is 2.98. The van der Waals surface area contributed by atoms with Crippen LogP contribution in [0.1, 0.15) is 37.2 Å². The lowest BCUT2D eigenvalue weighted by Gasteiger charge is -2.53. The van der Waals surface area contributed by atoms with Crippen LogP contribution in [0.2, 0.25) is 0 Å². The van der Waals surface area contributed by atoms with Gasteiger partial charge in [0.05, 0.1) is 6.04 Å². The predicted molar refractivity (Wildman–Crippen MR) is 90.6 cm³/mol. The van der Waals surface area contributed by atoms with Crippen molar-refractivity contribution in [3.05, 3.63) is 24.0 Å². The van der Waals surface area contributed by atoms with Gasteiger partial charge in [-0.2, -0.15) is 0 Å². The van der Waals surface area contributed by atoms with Crippen molar-refractivity contribution in [2.45, 2.75) is 44.9 Å². The molecular weight excluding hydrogens is 306 g/mol. The predicted octanol–water partition coefficient (Wildman–Crippen LogP) is 1.51. The van der Waals surface area contributed by atoms with Crippen molar-refractivity contribution in [1.29, 1.82) is 0 Å². The summed E-state index contributed by atoms with van der Waals surface area (Å²) in [4.78, 5) is 28.7. The van der Waals surface area contributed by atoms with Crippen molar-refractivity contribution in [3.8, 4) is 0 Å². The highest BCUT2D eigenvalue weighted by Crippen LogP contribution is 2.36. The molecule has 2 atom stereocenters. The number of piperidine rings is 1. The fourth-order valence-corrected chi connectivity index (χ4v) is 4.11. The molecule has 0 aliphatic carbocycles. The van der Waals surface area contributed by atoms with Crippen molar-refractivity contribution in [2.24, 2.45) is 13.0 Å². The Bertz CT molecular complexity index is 617. The van der Waals surface area contributed by atoms with Crippen LogP contribution in [0.15, 0.2) is 18.3 Å². The number of methoxy groups -OCH3 is 1. The van der Waals surface area contributed by atoms with Gasteiger partial charge in [0.1, 0.15) is 5.69 Å². The number of amides is 2. The number of aromatic nitrogens is 1. The maximum atomic E-state index is 12.6. The minimum absolute atomic E-state index is 0.0923. The molecule has 132 valence electrons. The molecule has 2 aliphatic heterocycles. The third-order valence-corrected chi connectivity index (χ3v) is 5.41. The zero-order valence-electron chi connectivity index (χ0n) is 14.9. The molecule has 0 aromatic carbocycles. The third-order valence-electron chi connectivity index (χ3n) is 5.41. The molecule has 2 fully saturated rings. The van der Waals surface area contributed by atoms with Gasteiger partial charge in [0.15, 0.2) is 6.10 Å². The highest BCUT2D eigenvalue weighted by atomic mass is 16.5. The van der Waals surface area contributed by atoms with E-state index in [1.54, 1.807) is 7.11 Å². The van der Waals surface area contributed by atoms with Gasteiger partial charge in [0.25, 0.3) is 11.8 Å². The summed E-state index contributed by atoms with van der Waals surface area (Å²) in [5, 5.41) is 0. The van der Waals surface area contributed by atoms with E-state index in [1.807, 2.05) is 53.6 Å². The standard InChI is InChI=1S/C18H27N3O3/c1-12(2)21-15(16(24-4)18(21)23)13-7-10-20(11-8-13)17(22)14-6-5-9-19(14)3/h5-6,9,12-13,15-16H,7-8,10-11H2,1-4H3/t15-,16+/m0/s1. The first-order valence-electron chi connectivity index (χ1n) is 8.71. The lowest BCUT2D eigenvalue weighted by Crippen LogP contribution is -2.70. The van der Waals surface area contributed by atoms with Crippen molar-refractivity contribution >= 4 is 11.8 Å². The summed E-state index contributed by atoms with van der Waals surface area (Å²) in [5.41, 5.74) is 0.728. The van der Waals surface area contributed by atoms with Gasteiger partial charge in [-0.3, -0.25) is 9.59 Å². The summed E-state index contributed by atoms with van der Waals surface area (Å²) in [7, 11) is 3.50. The summed E-state index contributed by atoms with van der Waals surface area (Å²) in [6, 6.07) is 4.09. The second kappa shape index (κ2) is 6.59. The molecule has 1 aromatic heterocycles. The van der Waals surface area contributed by atoms with Crippen LogP contribution in [-0.4, -0.2) is 64.6 Å². The Labute approximate surface area is 143 Å². The average molecular weight is 333 g/mol. The number of nitrogens with zero attached hydrogens (tertiary/aromatic N) is 3. The van der Waals surface area contributed by atoms with Gasteiger partial charge >= 0.3 is 0 Å². The Morgan fingerprint density at radius 1 is 1.29 bits per heavy atom. The molecule has 3 rings (SSSR count). The number of hydrogen-bond acceptors (Lipinski definition) is 3. The van der Waals surface area contributed by atoms with Crippen LogP contribution in [0.3, 0.4) is 0 Å². The van der Waals surface area contributed by atoms with E-state index in [2.05, 4.69) is 0 Å². The molecular formula is C18H27N3O3. The quantitative estimate of drug-likeness (QED) is 0.785. The molecule has 6 heteroatoms. The number of hydrogen-bond donors (Lipinski definition) is 0. The summed E-state index contributed by atoms with van der Waals surface area (Å²) in [5.74, 6) is 0.585. The second-order valence-corrected chi connectivity index (χ2v) is 7.12. The topological polar surface area (TPSA) is 54.8 Å². The lowest BCUT2D eigenvalue weighted by atomic mass is 9.79. The number of likely N-dealkylation sites (tertiary alicyclic amines) is 2. The number of β-lactam (4-membered cyclic amide) rings is 1. The van der Waals surface area contributed by atoms with Gasteiger partial charge < -0.3 is 19.1 Å². The number of carbonyl (C=O) groups is 2. The van der Waals surface area contributed by atoms with E-state index in [-0.39, 0.29) is 30.0 Å². The van der Waals surface area contributed by atoms with Crippen LogP contribution < -0.4 is 0 Å². The Kier molecular flexibility index (Phi) is 4.67. The minimum Gasteiger partial charge on any atom is -0.369 e. The van der Waals surface area contributed by atoms with Crippen molar-refractivity contribution in [1.82, 2.24) is 14.4 Å². The maximum Gasteiger partial charge on any atom is 0.270 e. The van der Waals surface area contributed by atoms with Crippen LogP contribution in [0, 0.1) is 5.92 Å². The van der Waals surface area contributed by atoms with E-state index in [0.29, 0.717) is 5.92 Å². The lowest BCUT2D eigenvalue weighted by molar-refractivity contribution is -0.181. The Morgan fingerprint density at radius 3 is 2.46 bits per heavy atom. The molecule has 1 aromatic rings. The van der Waals surface area contributed by atoms with Crippen molar-refractivity contribution in [3.63, 3.8) is 0 Å². The monoisotopic (exact) mass is 333 g/mol. The van der Waals surface area contributed by atoms with Crippen LogP contribution >= 0.6 is 0 Å². The molecule has 3 heterocycles. The highest BCUT2D eigenvalue weighted by molar-refractivity contribution is 5.93. The largest absolute Gasteiger partial charge is 0.369 e. The first-order chi connectivity index (χ1) is 11.5. The summed E-state index contributed by atoms with van der Waals surface area (Å²) >= 11 is 0. The normalized spacial score (nSPS) is 25.3. The zero-order chi connectivity index (χ0) is 17.4. The third kappa shape index (κ3) is 2.73. The van der Waals surface area contributed by atoms with Gasteiger partial charge in [-0.25, -0.2) is 0 Å². The second-order valence-electron chi connectivity index (χ2n) is 7.12. The van der Waals surface area contributed by atoms with E-state index in [9.17, 15) is 9.59 Å². The molecule has 2 aliphatic rings. The zero-order valence-corrected chi connectivity index (χ0v) is 14.9. The minimum atomic E-state index is -0.312. The van der Waals surface area contributed by atoms with E-state index < -0.39 is 0 Å². The summed E-state index contributed by atoms with van der Waals surface area (Å²) in [6.07, 6.45) is 3.41. The maximum absolute atomic E-state index is 12.6. The fraction of sp³-hybridized carbons (Fsp3) is 0.667. The van der Waals surface area contributed by atoms with Crippen LogP contribution in [0.25, 0.3) is 0 Å². The Hall–Kier alpha value is -1.82. The highest BCUT2D eigenvalue weighted by Gasteiger charge is 2.52. The van der Waals surface area contributed by atoms with Crippen LogP contribution in [-0.2, 0) is 16.6 Å². The number of ether oxygens (including phenoxy) is 1. The van der Waals surface area contributed by atoms with Gasteiger partial charge in [0, 0.05) is 39.5 Å². The van der Waals surface area contributed by atoms with Gasteiger partial charge in [-0.05, 0) is 44.7 Å². The van der Waals surface area contributed by atoms with E-state index in [1.165, 1.54) is 0 Å². The van der Waals surface area contributed by atoms with E-state index in [4.69, 9.17) is 4.74 Å². The van der Waals surface area contributed by atoms with E-state index >= 15 is 0 Å². The number of aryl methyl sites for hydroxylation is 1. The number of carbonyl (C=O) groups excluding carboxylic acids is 2. The molecule has 2 amide bonds. The molecule has 24 heavy (non-hydrogen) atoms. The van der Waals surface area contributed by atoms with Gasteiger partial charge in [-0.1, -0.05) is 0 Å². The van der Waals surface area contributed by atoms with Crippen molar-refractivity contribution < 1.29 is 14.3 Å². The molecule has 0 unspecified atom stereocenters. The van der Waals surface area contributed by atoms with Crippen LogP contribution in [0.5, 0.6) is 0 Å². The SMILES string of the molecule is CO[C@H]1C(=O)N(C(C)C)[C@H]1C1CCN(C(=O)c2cccn2C)CC1. The molecule has 0 N–H and O–H groups in total. The van der Waals surface area contributed by atoms with Crippen molar-refractivity contribution in [2.75, 3.05) is 20.2 Å². The Balaban J connectivity index is 1.63. The first-order valence-corrected chi connectivity index (χ1v) is 8.71. The fourth-order valence-electron chi connectivity index (χ4n) is 4.11. The molecule has 0 radical (unpaired) electrons. The smallest absolute Gasteiger partial charge is 0.270 e. The summed E-state index contributed by atoms with van der Waals surface area (Å²) < 4.78 is 7.28. The number of rotatable bonds is 4.